The van der Waals surface area contributed by atoms with E-state index in [2.05, 4.69) is 4.98 Å². The van der Waals surface area contributed by atoms with Crippen LogP contribution in [0.25, 0.3) is 11.0 Å². The summed E-state index contributed by atoms with van der Waals surface area (Å²) in [5, 5.41) is 13.3. The van der Waals surface area contributed by atoms with Crippen molar-refractivity contribution in [1.82, 2.24) is 9.88 Å². The van der Waals surface area contributed by atoms with E-state index in [1.807, 2.05) is 54.3 Å². The Morgan fingerprint density at radius 3 is 2.96 bits per heavy atom. The Hall–Kier alpha value is -2.35. The Morgan fingerprint density at radius 2 is 2.22 bits per heavy atom. The van der Waals surface area contributed by atoms with Gasteiger partial charge in [0.15, 0.2) is 10.9 Å². The molecule has 140 valence electrons. The van der Waals surface area contributed by atoms with Gasteiger partial charge in [0.05, 0.1) is 30.3 Å². The summed E-state index contributed by atoms with van der Waals surface area (Å²) in [5.74, 6) is 0.926. The first-order valence-electron chi connectivity index (χ1n) is 8.73. The molecule has 3 heterocycles. The number of hydrogen-bond donors (Lipinski definition) is 1. The number of furan rings is 1. The predicted octanol–water partition coefficient (Wildman–Crippen LogP) is 3.74. The largest absolute Gasteiger partial charge is 0.456 e. The van der Waals surface area contributed by atoms with Gasteiger partial charge in [-0.2, -0.15) is 0 Å². The number of hydrogen-bond acceptors (Lipinski definition) is 6. The summed E-state index contributed by atoms with van der Waals surface area (Å²) < 4.78 is 11.3. The van der Waals surface area contributed by atoms with Gasteiger partial charge in [-0.05, 0) is 31.2 Å². The minimum absolute atomic E-state index is 0.0985. The Labute approximate surface area is 161 Å². The summed E-state index contributed by atoms with van der Waals surface area (Å²) in [5.41, 5.74) is 0.189. The van der Waals surface area contributed by atoms with Crippen molar-refractivity contribution in [2.75, 3.05) is 19.5 Å². The molecule has 1 saturated heterocycles. The van der Waals surface area contributed by atoms with Crippen LogP contribution in [0.15, 0.2) is 64.3 Å². The highest BCUT2D eigenvalue weighted by molar-refractivity contribution is 8.14. The summed E-state index contributed by atoms with van der Waals surface area (Å²) in [7, 11) is 1.65. The number of aromatic nitrogens is 1. The lowest BCUT2D eigenvalue weighted by molar-refractivity contribution is -0.0888. The molecule has 4 rings (SSSR count). The van der Waals surface area contributed by atoms with Crippen LogP contribution < -0.4 is 0 Å². The normalized spacial score (nSPS) is 22.6. The number of aliphatic imine (C=N–C) groups is 1. The molecule has 27 heavy (non-hydrogen) atoms. The summed E-state index contributed by atoms with van der Waals surface area (Å²) in [6.07, 6.45) is 3.41. The number of rotatable bonds is 5. The second kappa shape index (κ2) is 7.34. The number of thioether (sulfide) groups is 1. The molecule has 6 nitrogen and oxygen atoms in total. The molecule has 0 aliphatic carbocycles. The highest BCUT2D eigenvalue weighted by Crippen LogP contribution is 2.43. The highest BCUT2D eigenvalue weighted by atomic mass is 32.2. The number of benzene rings is 1. The molecule has 1 aromatic carbocycles. The number of aliphatic hydroxyl groups is 1. The van der Waals surface area contributed by atoms with Crippen molar-refractivity contribution in [1.29, 1.82) is 0 Å². The van der Waals surface area contributed by atoms with E-state index in [0.717, 1.165) is 21.8 Å². The predicted molar refractivity (Wildman–Crippen MR) is 107 cm³/mol. The Balaban J connectivity index is 1.77. The van der Waals surface area contributed by atoms with Gasteiger partial charge in [-0.25, -0.2) is 4.99 Å². The maximum Gasteiger partial charge on any atom is 0.209 e. The van der Waals surface area contributed by atoms with E-state index in [-0.39, 0.29) is 6.04 Å². The Kier molecular flexibility index (Phi) is 4.90. The second-order valence-electron chi connectivity index (χ2n) is 6.53. The van der Waals surface area contributed by atoms with Crippen LogP contribution in [0.2, 0.25) is 0 Å². The summed E-state index contributed by atoms with van der Waals surface area (Å²) in [6.45, 7) is 2.46. The summed E-state index contributed by atoms with van der Waals surface area (Å²) in [4.78, 5) is 10.7. The highest BCUT2D eigenvalue weighted by Gasteiger charge is 2.49. The molecule has 0 bridgehead atoms. The number of methoxy groups -OCH3 is 1. The molecule has 1 fully saturated rings. The number of para-hydroxylation sites is 1. The zero-order valence-corrected chi connectivity index (χ0v) is 16.0. The van der Waals surface area contributed by atoms with Gasteiger partial charge >= 0.3 is 0 Å². The molecule has 1 aliphatic rings. The quantitative estimate of drug-likeness (QED) is 0.724. The van der Waals surface area contributed by atoms with E-state index >= 15 is 0 Å². The maximum atomic E-state index is 11.6. The van der Waals surface area contributed by atoms with Crippen molar-refractivity contribution in [2.45, 2.75) is 18.7 Å². The van der Waals surface area contributed by atoms with Gasteiger partial charge in [-0.15, -0.1) is 0 Å². The van der Waals surface area contributed by atoms with Crippen LogP contribution in [0.3, 0.4) is 0 Å². The third-order valence-corrected chi connectivity index (χ3v) is 5.64. The average Bonchev–Trinajstić information content (AvgIpc) is 3.25. The third kappa shape index (κ3) is 3.34. The summed E-state index contributed by atoms with van der Waals surface area (Å²) in [6, 6.07) is 13.3. The molecule has 7 heteroatoms. The van der Waals surface area contributed by atoms with Crippen LogP contribution in [-0.2, 0) is 10.5 Å². The van der Waals surface area contributed by atoms with E-state index < -0.39 is 5.72 Å². The van der Waals surface area contributed by atoms with Crippen molar-refractivity contribution < 1.29 is 14.3 Å². The van der Waals surface area contributed by atoms with Crippen molar-refractivity contribution in [3.05, 3.63) is 60.6 Å². The lowest BCUT2D eigenvalue weighted by atomic mass is 10.1. The minimum atomic E-state index is -1.30. The molecule has 3 aromatic rings. The van der Waals surface area contributed by atoms with E-state index in [0.29, 0.717) is 18.1 Å². The number of amidine groups is 1. The average molecular weight is 383 g/mol. The lowest BCUT2D eigenvalue weighted by Crippen LogP contribution is -2.50. The van der Waals surface area contributed by atoms with Gasteiger partial charge in [0, 0.05) is 18.7 Å². The van der Waals surface area contributed by atoms with E-state index in [1.54, 1.807) is 19.5 Å². The van der Waals surface area contributed by atoms with Crippen LogP contribution in [0.1, 0.15) is 12.7 Å². The smallest absolute Gasteiger partial charge is 0.209 e. The number of nitrogens with zero attached hydrogens (tertiary/aromatic N) is 3. The summed E-state index contributed by atoms with van der Waals surface area (Å²) >= 11 is 1.49. The van der Waals surface area contributed by atoms with Gasteiger partial charge in [-0.3, -0.25) is 4.98 Å². The molecule has 0 saturated carbocycles. The Morgan fingerprint density at radius 1 is 1.37 bits per heavy atom. The fourth-order valence-electron chi connectivity index (χ4n) is 3.32. The van der Waals surface area contributed by atoms with Crippen molar-refractivity contribution >= 4 is 33.6 Å². The van der Waals surface area contributed by atoms with Crippen LogP contribution in [0.4, 0.5) is 5.69 Å². The van der Waals surface area contributed by atoms with Crippen molar-refractivity contribution in [3.8, 4) is 0 Å². The van der Waals surface area contributed by atoms with Crippen molar-refractivity contribution in [3.63, 3.8) is 0 Å². The van der Waals surface area contributed by atoms with Gasteiger partial charge in [0.2, 0.25) is 5.72 Å². The molecule has 2 atom stereocenters. The number of ether oxygens (including phenoxy) is 1. The molecule has 0 radical (unpaired) electrons. The number of pyridine rings is 1. The zero-order chi connectivity index (χ0) is 18.9. The van der Waals surface area contributed by atoms with Gasteiger partial charge in [0.25, 0.3) is 0 Å². The monoisotopic (exact) mass is 383 g/mol. The molecule has 2 aromatic heterocycles. The SMILES string of the molecule is COCC(C)N1C(=Nc2cccnc2)SCC1(O)c1cc2ccccc2o1. The maximum absolute atomic E-state index is 11.6. The van der Waals surface area contributed by atoms with E-state index in [1.165, 1.54) is 11.8 Å². The van der Waals surface area contributed by atoms with Crippen LogP contribution >= 0.6 is 11.8 Å². The zero-order valence-electron chi connectivity index (χ0n) is 15.2. The first-order chi connectivity index (χ1) is 13.1. The second-order valence-corrected chi connectivity index (χ2v) is 7.48. The first kappa shape index (κ1) is 18.0. The Bertz CT molecular complexity index is 926. The molecular formula is C20H21N3O3S. The van der Waals surface area contributed by atoms with E-state index in [4.69, 9.17) is 14.1 Å². The molecule has 2 unspecified atom stereocenters. The molecule has 1 N–H and O–H groups in total. The topological polar surface area (TPSA) is 71.1 Å². The number of fused-ring (bicyclic) bond motifs is 1. The van der Waals surface area contributed by atoms with Crippen LogP contribution in [0, 0.1) is 0 Å². The van der Waals surface area contributed by atoms with E-state index in [9.17, 15) is 5.11 Å². The first-order valence-corrected chi connectivity index (χ1v) is 9.71. The van der Waals surface area contributed by atoms with Gasteiger partial charge in [0.1, 0.15) is 5.58 Å². The molecule has 0 spiro atoms. The standard InChI is InChI=1S/C20H21N3O3S/c1-14(12-25-2)23-19(22-16-7-5-9-21-11-16)27-13-20(23,24)18-10-15-6-3-4-8-17(15)26-18/h3-11,14,24H,12-13H2,1-2H3. The fraction of sp³-hybridized carbons (Fsp3) is 0.300. The van der Waals surface area contributed by atoms with Gasteiger partial charge in [-0.1, -0.05) is 30.0 Å². The van der Waals surface area contributed by atoms with Crippen molar-refractivity contribution in [2.24, 2.45) is 4.99 Å². The van der Waals surface area contributed by atoms with Gasteiger partial charge < -0.3 is 19.2 Å². The fourth-order valence-corrected chi connectivity index (χ4v) is 4.57. The van der Waals surface area contributed by atoms with Crippen LogP contribution in [0.5, 0.6) is 0 Å². The molecule has 1 aliphatic heterocycles. The minimum Gasteiger partial charge on any atom is -0.456 e. The molecular weight excluding hydrogens is 362 g/mol. The third-order valence-electron chi connectivity index (χ3n) is 4.55. The van der Waals surface area contributed by atoms with Crippen LogP contribution in [-0.4, -0.2) is 45.7 Å². The lowest BCUT2D eigenvalue weighted by Gasteiger charge is -2.36. The molecule has 0 amide bonds.